The summed E-state index contributed by atoms with van der Waals surface area (Å²) >= 11 is 7.69. The number of para-hydroxylation sites is 2. The zero-order valence-corrected chi connectivity index (χ0v) is 20.0. The average Bonchev–Trinajstić information content (AvgIpc) is 3.50. The number of imide groups is 1. The Morgan fingerprint density at radius 1 is 0.778 bits per heavy atom. The summed E-state index contributed by atoms with van der Waals surface area (Å²) in [6.45, 7) is 0. The number of fused-ring (bicyclic) bond motifs is 1. The van der Waals surface area contributed by atoms with Gasteiger partial charge in [0, 0.05) is 0 Å². The molecule has 2 aliphatic rings. The Balaban J connectivity index is 1.48. The van der Waals surface area contributed by atoms with Crippen LogP contribution < -0.4 is 14.8 Å². The highest BCUT2D eigenvalue weighted by atomic mass is 35.5. The van der Waals surface area contributed by atoms with Gasteiger partial charge < -0.3 is 0 Å². The molecular formula is C26H17ClFN3O4S. The summed E-state index contributed by atoms with van der Waals surface area (Å²) in [5.74, 6) is -2.53. The maximum atomic E-state index is 13.7. The van der Waals surface area contributed by atoms with Crippen molar-refractivity contribution in [1.82, 2.24) is 4.57 Å². The SMILES string of the molecule is O=C1[C@@H]2[C@H](ON(c3ccccc3)[C@@H]2c2sc(=O)n(-c3ccccc3)c2Cl)C(=O)N1c1ccc(F)cc1. The highest BCUT2D eigenvalue weighted by Crippen LogP contribution is 2.50. The van der Waals surface area contributed by atoms with Crippen molar-refractivity contribution in [3.8, 4) is 5.69 Å². The summed E-state index contributed by atoms with van der Waals surface area (Å²) < 4.78 is 14.9. The molecule has 36 heavy (non-hydrogen) atoms. The number of amides is 2. The second kappa shape index (κ2) is 8.70. The summed E-state index contributed by atoms with van der Waals surface area (Å²) in [4.78, 5) is 47.3. The average molecular weight is 522 g/mol. The van der Waals surface area contributed by atoms with E-state index in [1.165, 1.54) is 33.9 Å². The topological polar surface area (TPSA) is 71.8 Å². The van der Waals surface area contributed by atoms with Gasteiger partial charge in [-0.15, -0.1) is 0 Å². The number of aromatic nitrogens is 1. The maximum absolute atomic E-state index is 13.7. The minimum atomic E-state index is -1.13. The molecule has 0 radical (unpaired) electrons. The van der Waals surface area contributed by atoms with Crippen LogP contribution in [0.2, 0.25) is 5.15 Å². The summed E-state index contributed by atoms with van der Waals surface area (Å²) in [5.41, 5.74) is 1.43. The number of rotatable bonds is 4. The van der Waals surface area contributed by atoms with Crippen molar-refractivity contribution in [1.29, 1.82) is 0 Å². The molecule has 0 aliphatic carbocycles. The number of carbonyl (C=O) groups is 2. The van der Waals surface area contributed by atoms with E-state index in [0.29, 0.717) is 16.3 Å². The quantitative estimate of drug-likeness (QED) is 0.363. The highest BCUT2D eigenvalue weighted by Gasteiger charge is 2.61. The third-order valence-corrected chi connectivity index (χ3v) is 7.77. The summed E-state index contributed by atoms with van der Waals surface area (Å²) in [7, 11) is 0. The second-order valence-corrected chi connectivity index (χ2v) is 9.69. The fourth-order valence-corrected chi connectivity index (χ4v) is 6.14. The zero-order valence-electron chi connectivity index (χ0n) is 18.5. The molecule has 0 bridgehead atoms. The Hall–Kier alpha value is -3.79. The minimum absolute atomic E-state index is 0.145. The van der Waals surface area contributed by atoms with Crippen LogP contribution in [0.4, 0.5) is 15.8 Å². The van der Waals surface area contributed by atoms with Crippen molar-refractivity contribution < 1.29 is 18.8 Å². The first-order valence-electron chi connectivity index (χ1n) is 11.1. The van der Waals surface area contributed by atoms with Crippen molar-refractivity contribution in [3.63, 3.8) is 0 Å². The van der Waals surface area contributed by atoms with Crippen LogP contribution in [0.25, 0.3) is 5.69 Å². The van der Waals surface area contributed by atoms with E-state index >= 15 is 0 Å². The van der Waals surface area contributed by atoms with E-state index in [-0.39, 0.29) is 15.7 Å². The lowest BCUT2D eigenvalue weighted by Crippen LogP contribution is -2.37. The van der Waals surface area contributed by atoms with Gasteiger partial charge in [0.15, 0.2) is 6.10 Å². The molecule has 0 N–H and O–H groups in total. The molecule has 7 nitrogen and oxygen atoms in total. The number of halogens is 2. The molecule has 0 saturated carbocycles. The van der Waals surface area contributed by atoms with Gasteiger partial charge in [0.2, 0.25) is 5.91 Å². The van der Waals surface area contributed by atoms with Crippen LogP contribution in [0.15, 0.2) is 89.7 Å². The van der Waals surface area contributed by atoms with Gasteiger partial charge in [0.05, 0.1) is 21.9 Å². The lowest BCUT2D eigenvalue weighted by Gasteiger charge is -2.28. The largest absolute Gasteiger partial charge is 0.313 e. The summed E-state index contributed by atoms with van der Waals surface area (Å²) in [5, 5.41) is 1.63. The van der Waals surface area contributed by atoms with Crippen LogP contribution in [-0.4, -0.2) is 22.5 Å². The van der Waals surface area contributed by atoms with Crippen molar-refractivity contribution >= 4 is 46.1 Å². The molecule has 3 atom stereocenters. The molecule has 0 spiro atoms. The molecule has 3 aromatic carbocycles. The number of nitrogens with zero attached hydrogens (tertiary/aromatic N) is 3. The summed E-state index contributed by atoms with van der Waals surface area (Å²) in [6, 6.07) is 22.2. The number of carbonyl (C=O) groups excluding carboxylic acids is 2. The van der Waals surface area contributed by atoms with Crippen molar-refractivity contribution in [2.24, 2.45) is 5.92 Å². The Bertz CT molecular complexity index is 1520. The first-order chi connectivity index (χ1) is 17.5. The maximum Gasteiger partial charge on any atom is 0.313 e. The van der Waals surface area contributed by atoms with E-state index < -0.39 is 35.7 Å². The van der Waals surface area contributed by atoms with E-state index in [1.807, 2.05) is 12.1 Å². The van der Waals surface area contributed by atoms with Gasteiger partial charge in [-0.25, -0.2) is 14.4 Å². The predicted molar refractivity (Wildman–Crippen MR) is 134 cm³/mol. The molecule has 0 unspecified atom stereocenters. The second-order valence-electron chi connectivity index (χ2n) is 8.34. The van der Waals surface area contributed by atoms with Gasteiger partial charge in [-0.3, -0.25) is 23.8 Å². The van der Waals surface area contributed by atoms with Gasteiger partial charge in [0.1, 0.15) is 22.9 Å². The zero-order chi connectivity index (χ0) is 25.0. The molecule has 2 aliphatic heterocycles. The fraction of sp³-hybridized carbons (Fsp3) is 0.115. The number of anilines is 2. The Kier molecular flexibility index (Phi) is 5.48. The Labute approximate surface area is 213 Å². The van der Waals surface area contributed by atoms with E-state index in [9.17, 15) is 18.8 Å². The lowest BCUT2D eigenvalue weighted by atomic mass is 9.95. The summed E-state index contributed by atoms with van der Waals surface area (Å²) in [6.07, 6.45) is -1.13. The van der Waals surface area contributed by atoms with E-state index in [1.54, 1.807) is 48.5 Å². The van der Waals surface area contributed by atoms with Crippen molar-refractivity contribution in [3.05, 3.63) is 110 Å². The first-order valence-corrected chi connectivity index (χ1v) is 12.3. The molecular weight excluding hydrogens is 505 g/mol. The number of hydrogen-bond acceptors (Lipinski definition) is 6. The van der Waals surface area contributed by atoms with Gasteiger partial charge >= 0.3 is 4.87 Å². The molecule has 1 aromatic heterocycles. The van der Waals surface area contributed by atoms with Gasteiger partial charge in [-0.1, -0.05) is 59.3 Å². The van der Waals surface area contributed by atoms with Crippen LogP contribution in [0.3, 0.4) is 0 Å². The number of benzene rings is 3. The number of hydrogen-bond donors (Lipinski definition) is 0. The molecule has 6 rings (SSSR count). The molecule has 2 amide bonds. The van der Waals surface area contributed by atoms with Gasteiger partial charge in [-0.2, -0.15) is 0 Å². The van der Waals surface area contributed by atoms with Crippen molar-refractivity contribution in [2.75, 3.05) is 9.96 Å². The first kappa shape index (κ1) is 22.7. The molecule has 3 heterocycles. The standard InChI is InChI=1S/C26H17ClFN3O4S/c27-23-22(36-26(34)29(23)16-7-3-1-4-8-16)20-19-21(35-31(20)18-9-5-2-6-10-18)25(33)30(24(19)32)17-13-11-15(28)12-14-17/h1-14,19-21H/t19-,20-,21-/m0/s1. The molecule has 2 saturated heterocycles. The van der Waals surface area contributed by atoms with Crippen LogP contribution in [0.5, 0.6) is 0 Å². The molecule has 180 valence electrons. The molecule has 4 aromatic rings. The minimum Gasteiger partial charge on any atom is -0.273 e. The predicted octanol–water partition coefficient (Wildman–Crippen LogP) is 4.74. The van der Waals surface area contributed by atoms with Gasteiger partial charge in [0.25, 0.3) is 5.91 Å². The third-order valence-electron chi connectivity index (χ3n) is 6.27. The Morgan fingerprint density at radius 3 is 2.03 bits per heavy atom. The van der Waals surface area contributed by atoms with E-state index in [2.05, 4.69) is 0 Å². The normalized spacial score (nSPS) is 21.3. The van der Waals surface area contributed by atoms with E-state index in [4.69, 9.17) is 16.4 Å². The van der Waals surface area contributed by atoms with Crippen molar-refractivity contribution in [2.45, 2.75) is 12.1 Å². The molecule has 2 fully saturated rings. The third kappa shape index (κ3) is 3.47. The number of thiazole rings is 1. The molecule has 10 heteroatoms. The Morgan fingerprint density at radius 2 is 1.39 bits per heavy atom. The number of hydroxylamine groups is 1. The van der Waals surface area contributed by atoms with Crippen LogP contribution in [-0.2, 0) is 14.4 Å². The van der Waals surface area contributed by atoms with Crippen LogP contribution >= 0.6 is 22.9 Å². The highest BCUT2D eigenvalue weighted by molar-refractivity contribution is 7.10. The monoisotopic (exact) mass is 521 g/mol. The van der Waals surface area contributed by atoms with Crippen LogP contribution in [0.1, 0.15) is 10.9 Å². The van der Waals surface area contributed by atoms with Gasteiger partial charge in [-0.05, 0) is 48.5 Å². The fourth-order valence-electron chi connectivity index (χ4n) is 4.67. The van der Waals surface area contributed by atoms with E-state index in [0.717, 1.165) is 16.2 Å². The lowest BCUT2D eigenvalue weighted by molar-refractivity contribution is -0.126. The smallest absolute Gasteiger partial charge is 0.273 e. The van der Waals surface area contributed by atoms with Crippen LogP contribution in [0, 0.1) is 11.7 Å².